The van der Waals surface area contributed by atoms with Crippen LogP contribution in [0.25, 0.3) is 0 Å². The van der Waals surface area contributed by atoms with Gasteiger partial charge in [-0.25, -0.2) is 13.2 Å². The van der Waals surface area contributed by atoms with E-state index in [0.29, 0.717) is 17.0 Å². The Labute approximate surface area is 114 Å². The van der Waals surface area contributed by atoms with Gasteiger partial charge in [0.15, 0.2) is 5.94 Å². The Morgan fingerprint density at radius 2 is 2.00 bits per heavy atom. The summed E-state index contributed by atoms with van der Waals surface area (Å²) in [7, 11) is -2.10. The van der Waals surface area contributed by atoms with Crippen molar-refractivity contribution in [2.75, 3.05) is 13.0 Å². The topological polar surface area (TPSA) is 84.5 Å². The lowest BCUT2D eigenvalue weighted by Crippen LogP contribution is -2.23. The third-order valence-corrected chi connectivity index (χ3v) is 4.00. The molecule has 18 heavy (non-hydrogen) atoms. The van der Waals surface area contributed by atoms with Crippen molar-refractivity contribution < 1.29 is 17.9 Å². The minimum absolute atomic E-state index is 0.0475. The van der Waals surface area contributed by atoms with Crippen LogP contribution in [0.4, 0.5) is 4.79 Å². The maximum atomic E-state index is 11.8. The van der Waals surface area contributed by atoms with Crippen LogP contribution in [-0.4, -0.2) is 26.7 Å². The number of hydrogen-bond donors (Lipinski definition) is 2. The van der Waals surface area contributed by atoms with Crippen LogP contribution in [0, 0.1) is 0 Å². The van der Waals surface area contributed by atoms with Crippen LogP contribution in [0.2, 0.25) is 5.02 Å². The molecule has 0 bridgehead atoms. The normalized spacial score (nSPS) is 11.2. The Bertz CT molecular complexity index is 504. The summed E-state index contributed by atoms with van der Waals surface area (Å²) in [5.74, 6) is -0.716. The number of hydrogen-bond acceptors (Lipinski definition) is 7. The molecule has 0 heterocycles. The summed E-state index contributed by atoms with van der Waals surface area (Å²) < 4.78 is 28.1. The van der Waals surface area contributed by atoms with E-state index in [9.17, 15) is 13.2 Å². The van der Waals surface area contributed by atoms with Gasteiger partial charge in [-0.15, -0.1) is 0 Å². The van der Waals surface area contributed by atoms with E-state index in [2.05, 4.69) is 15.0 Å². The Morgan fingerprint density at radius 3 is 2.56 bits per heavy atom. The van der Waals surface area contributed by atoms with Gasteiger partial charge in [0.2, 0.25) is 9.84 Å². The van der Waals surface area contributed by atoms with E-state index < -0.39 is 21.1 Å². The number of benzene rings is 1. The van der Waals surface area contributed by atoms with Crippen molar-refractivity contribution in [2.45, 2.75) is 4.90 Å². The maximum absolute atomic E-state index is 11.8. The second-order valence-corrected chi connectivity index (χ2v) is 6.15. The molecule has 0 aliphatic heterocycles. The van der Waals surface area contributed by atoms with Crippen molar-refractivity contribution in [3.63, 3.8) is 0 Å². The summed E-state index contributed by atoms with van der Waals surface area (Å²) in [5, 5.41) is -0.318. The van der Waals surface area contributed by atoms with Crippen molar-refractivity contribution in [2.24, 2.45) is 0 Å². The summed E-state index contributed by atoms with van der Waals surface area (Å²) >= 11 is 6.25. The fourth-order valence-electron chi connectivity index (χ4n) is 0.958. The quantitative estimate of drug-likeness (QED) is 0.485. The zero-order valence-electron chi connectivity index (χ0n) is 9.34. The van der Waals surface area contributed by atoms with Gasteiger partial charge in [-0.2, -0.15) is 4.83 Å². The monoisotopic (exact) mass is 310 g/mol. The van der Waals surface area contributed by atoms with Crippen LogP contribution in [0.15, 0.2) is 29.2 Å². The highest BCUT2D eigenvalue weighted by molar-refractivity contribution is 8.11. The predicted molar refractivity (Wildman–Crippen MR) is 69.8 cm³/mol. The van der Waals surface area contributed by atoms with Gasteiger partial charge in [0.25, 0.3) is 0 Å². The van der Waals surface area contributed by atoms with E-state index >= 15 is 0 Å². The average Bonchev–Trinajstić information content (AvgIpc) is 2.34. The van der Waals surface area contributed by atoms with E-state index in [4.69, 9.17) is 11.6 Å². The molecular formula is C9H11ClN2O4S2. The number of carbonyl (C=O) groups excluding carboxylic acids is 1. The average molecular weight is 311 g/mol. The van der Waals surface area contributed by atoms with Crippen LogP contribution in [0.3, 0.4) is 0 Å². The zero-order chi connectivity index (χ0) is 13.6. The highest BCUT2D eigenvalue weighted by Crippen LogP contribution is 2.16. The summed E-state index contributed by atoms with van der Waals surface area (Å²) in [5.41, 5.74) is 2.48. The van der Waals surface area contributed by atoms with Crippen LogP contribution in [0.1, 0.15) is 0 Å². The van der Waals surface area contributed by atoms with Gasteiger partial charge in [0.1, 0.15) is 0 Å². The van der Waals surface area contributed by atoms with Crippen LogP contribution < -0.4 is 10.3 Å². The van der Waals surface area contributed by atoms with Crippen molar-refractivity contribution in [3.05, 3.63) is 29.3 Å². The Balaban J connectivity index is 2.60. The van der Waals surface area contributed by atoms with Gasteiger partial charge in [-0.3, -0.25) is 5.43 Å². The van der Waals surface area contributed by atoms with Crippen molar-refractivity contribution in [1.29, 1.82) is 0 Å². The third-order valence-electron chi connectivity index (χ3n) is 1.74. The fourth-order valence-corrected chi connectivity index (χ4v) is 2.41. The molecule has 0 saturated heterocycles. The number of sulfone groups is 1. The van der Waals surface area contributed by atoms with Gasteiger partial charge in [-0.1, -0.05) is 11.6 Å². The molecule has 1 aromatic rings. The maximum Gasteiger partial charge on any atom is 0.384 e. The zero-order valence-corrected chi connectivity index (χ0v) is 11.7. The van der Waals surface area contributed by atoms with Gasteiger partial charge in [-0.05, 0) is 31.3 Å². The Hall–Kier alpha value is -0.800. The summed E-state index contributed by atoms with van der Waals surface area (Å²) in [6.45, 7) is 0. The molecule has 1 rings (SSSR count). The molecule has 1 aromatic carbocycles. The second-order valence-electron chi connectivity index (χ2n) is 3.03. The highest BCUT2D eigenvalue weighted by atomic mass is 35.5. The first-order valence-corrected chi connectivity index (χ1v) is 7.54. The summed E-state index contributed by atoms with van der Waals surface area (Å²) in [4.78, 5) is 13.5. The smallest absolute Gasteiger partial charge is 0.384 e. The number of nitrogens with one attached hydrogen (secondary N) is 2. The molecule has 0 radical (unpaired) electrons. The molecule has 0 unspecified atom stereocenters. The molecule has 0 fully saturated rings. The molecule has 100 valence electrons. The van der Waals surface area contributed by atoms with Crippen molar-refractivity contribution in [1.82, 2.24) is 10.3 Å². The lowest BCUT2D eigenvalue weighted by molar-refractivity contribution is 0.192. The van der Waals surface area contributed by atoms with Crippen molar-refractivity contribution in [3.8, 4) is 0 Å². The lowest BCUT2D eigenvalue weighted by atomic mass is 10.4. The Morgan fingerprint density at radius 1 is 1.39 bits per heavy atom. The molecule has 9 heteroatoms. The van der Waals surface area contributed by atoms with E-state index in [1.807, 2.05) is 0 Å². The number of rotatable bonds is 5. The summed E-state index contributed by atoms with van der Waals surface area (Å²) in [6.07, 6.45) is 0. The third kappa shape index (κ3) is 4.83. The predicted octanol–water partition coefficient (Wildman–Crippen LogP) is 1.58. The molecule has 6 nitrogen and oxygen atoms in total. The number of halogens is 1. The molecule has 0 saturated carbocycles. The first-order valence-electron chi connectivity index (χ1n) is 4.69. The SMILES string of the molecule is CNNSC(=O)OCS(=O)(=O)c1ccc(Cl)cc1. The van der Waals surface area contributed by atoms with Gasteiger partial charge in [0, 0.05) is 5.02 Å². The molecule has 0 aromatic heterocycles. The van der Waals surface area contributed by atoms with E-state index in [-0.39, 0.29) is 4.90 Å². The number of carbonyl (C=O) groups is 1. The van der Waals surface area contributed by atoms with Crippen molar-refractivity contribution >= 4 is 38.7 Å². The van der Waals surface area contributed by atoms with Gasteiger partial charge in [0.05, 0.1) is 16.8 Å². The second kappa shape index (κ2) is 6.95. The first kappa shape index (κ1) is 15.3. The lowest BCUT2D eigenvalue weighted by Gasteiger charge is -2.06. The standard InChI is InChI=1S/C9H11ClN2O4S2/c1-11-12-17-9(13)16-6-18(14,15)8-4-2-7(10)3-5-8/h2-5,11-12H,6H2,1H3. The Kier molecular flexibility index (Phi) is 5.89. The van der Waals surface area contributed by atoms with Gasteiger partial charge >= 0.3 is 5.30 Å². The molecule has 0 aliphatic rings. The molecule has 0 aliphatic carbocycles. The minimum Gasteiger partial charge on any atom is -0.440 e. The minimum atomic E-state index is -3.66. The number of hydrazine groups is 1. The first-order chi connectivity index (χ1) is 8.45. The fraction of sp³-hybridized carbons (Fsp3) is 0.222. The van der Waals surface area contributed by atoms with Crippen LogP contribution >= 0.6 is 23.5 Å². The largest absolute Gasteiger partial charge is 0.440 e. The highest BCUT2D eigenvalue weighted by Gasteiger charge is 2.17. The van der Waals surface area contributed by atoms with E-state index in [0.717, 1.165) is 0 Å². The van der Waals surface area contributed by atoms with Crippen LogP contribution in [-0.2, 0) is 14.6 Å². The van der Waals surface area contributed by atoms with E-state index in [1.54, 1.807) is 7.05 Å². The van der Waals surface area contributed by atoms with Crippen LogP contribution in [0.5, 0.6) is 0 Å². The molecule has 0 atom stereocenters. The van der Waals surface area contributed by atoms with E-state index in [1.165, 1.54) is 24.3 Å². The molecule has 0 amide bonds. The molecular weight excluding hydrogens is 300 g/mol. The summed E-state index contributed by atoms with van der Waals surface area (Å²) in [6, 6.07) is 5.61. The molecule has 2 N–H and O–H groups in total. The van der Waals surface area contributed by atoms with Gasteiger partial charge < -0.3 is 4.74 Å². The molecule has 0 spiro atoms. The number of ether oxygens (including phenoxy) is 1.